The van der Waals surface area contributed by atoms with Gasteiger partial charge < -0.3 is 10.2 Å². The fraction of sp³-hybridized carbons (Fsp3) is 1.00. The van der Waals surface area contributed by atoms with Crippen molar-refractivity contribution in [3.63, 3.8) is 0 Å². The zero-order chi connectivity index (χ0) is 22.7. The Bertz CT molecular complexity index is 305. The number of unbranched alkanes of at least 4 members (excludes halogenated alkanes) is 22. The average Bonchev–Trinajstić information content (AvgIpc) is 2.77. The monoisotopic (exact) mass is 440 g/mol. The Morgan fingerprint density at radius 1 is 0.387 bits per heavy atom. The smallest absolute Gasteiger partial charge is 0.0540 e. The number of aliphatic hydroxyl groups is 2. The van der Waals surface area contributed by atoms with Gasteiger partial charge in [0, 0.05) is 6.61 Å². The molecule has 0 saturated carbocycles. The first-order valence-electron chi connectivity index (χ1n) is 14.6. The molecule has 1 unspecified atom stereocenters. The van der Waals surface area contributed by atoms with E-state index in [1.807, 2.05) is 0 Å². The molecule has 0 aromatic carbocycles. The zero-order valence-electron chi connectivity index (χ0n) is 21.6. The highest BCUT2D eigenvalue weighted by Gasteiger charge is 2.03. The molecule has 1 atom stereocenters. The molecule has 0 amide bonds. The number of hydrogen-bond acceptors (Lipinski definition) is 2. The van der Waals surface area contributed by atoms with Crippen molar-refractivity contribution >= 4 is 0 Å². The molecule has 0 aliphatic rings. The number of rotatable bonds is 27. The lowest BCUT2D eigenvalue weighted by molar-refractivity contribution is 0.147. The van der Waals surface area contributed by atoms with Crippen LogP contribution in [0.4, 0.5) is 0 Å². The van der Waals surface area contributed by atoms with Gasteiger partial charge in [0.25, 0.3) is 0 Å². The van der Waals surface area contributed by atoms with Crippen LogP contribution in [0.15, 0.2) is 0 Å². The summed E-state index contributed by atoms with van der Waals surface area (Å²) in [5, 5.41) is 18.9. The summed E-state index contributed by atoms with van der Waals surface area (Å²) in [6.45, 7) is 2.63. The third-order valence-electron chi connectivity index (χ3n) is 6.84. The molecule has 0 rings (SSSR count). The van der Waals surface area contributed by atoms with Crippen LogP contribution in [0.1, 0.15) is 174 Å². The molecule has 0 spiro atoms. The van der Waals surface area contributed by atoms with Crippen LogP contribution in [-0.4, -0.2) is 22.9 Å². The zero-order valence-corrected chi connectivity index (χ0v) is 21.6. The predicted molar refractivity (Wildman–Crippen MR) is 139 cm³/mol. The van der Waals surface area contributed by atoms with E-state index in [0.717, 1.165) is 19.3 Å². The number of aliphatic hydroxyl groups excluding tert-OH is 2. The van der Waals surface area contributed by atoms with Crippen LogP contribution < -0.4 is 0 Å². The van der Waals surface area contributed by atoms with E-state index in [0.29, 0.717) is 6.61 Å². The maximum atomic E-state index is 10.1. The van der Waals surface area contributed by atoms with Crippen LogP contribution in [0.5, 0.6) is 0 Å². The summed E-state index contributed by atoms with van der Waals surface area (Å²) in [4.78, 5) is 0. The lowest BCUT2D eigenvalue weighted by atomic mass is 10.0. The topological polar surface area (TPSA) is 40.5 Å². The van der Waals surface area contributed by atoms with Gasteiger partial charge >= 0.3 is 0 Å². The molecule has 0 aromatic rings. The normalized spacial score (nSPS) is 12.5. The SMILES string of the molecule is CCCCCCCCCCCCCCCCCCCC(O)CCCCCCCCCO. The molecule has 0 fully saturated rings. The maximum absolute atomic E-state index is 10.1. The minimum Gasteiger partial charge on any atom is -0.396 e. The summed E-state index contributed by atoms with van der Waals surface area (Å²) in [6.07, 6.45) is 34.3. The minimum absolute atomic E-state index is 0.0641. The van der Waals surface area contributed by atoms with Crippen LogP contribution in [-0.2, 0) is 0 Å². The average molecular weight is 441 g/mol. The van der Waals surface area contributed by atoms with E-state index >= 15 is 0 Å². The second-order valence-electron chi connectivity index (χ2n) is 10.1. The third kappa shape index (κ3) is 27.9. The summed E-state index contributed by atoms with van der Waals surface area (Å²) in [5.74, 6) is 0. The van der Waals surface area contributed by atoms with Gasteiger partial charge in [0.15, 0.2) is 0 Å². The molecule has 31 heavy (non-hydrogen) atoms. The number of hydrogen-bond donors (Lipinski definition) is 2. The van der Waals surface area contributed by atoms with E-state index in [-0.39, 0.29) is 6.10 Å². The van der Waals surface area contributed by atoms with Crippen molar-refractivity contribution in [2.24, 2.45) is 0 Å². The van der Waals surface area contributed by atoms with Gasteiger partial charge in [0.1, 0.15) is 0 Å². The Morgan fingerprint density at radius 3 is 0.935 bits per heavy atom. The van der Waals surface area contributed by atoms with E-state index in [1.54, 1.807) is 0 Å². The summed E-state index contributed by atoms with van der Waals surface area (Å²) >= 11 is 0. The van der Waals surface area contributed by atoms with Crippen molar-refractivity contribution in [3.8, 4) is 0 Å². The van der Waals surface area contributed by atoms with Crippen molar-refractivity contribution in [3.05, 3.63) is 0 Å². The molecule has 0 radical (unpaired) electrons. The summed E-state index contributed by atoms with van der Waals surface area (Å²) in [5.41, 5.74) is 0. The van der Waals surface area contributed by atoms with Gasteiger partial charge in [-0.3, -0.25) is 0 Å². The minimum atomic E-state index is -0.0641. The van der Waals surface area contributed by atoms with E-state index in [2.05, 4.69) is 6.92 Å². The quantitative estimate of drug-likeness (QED) is 0.125. The molecule has 0 saturated heterocycles. The standard InChI is InChI=1S/C29H60O2/c1-2-3-4-5-6-7-8-9-10-11-12-13-14-15-17-20-23-26-29(31)27-24-21-18-16-19-22-25-28-30/h29-31H,2-28H2,1H3. The highest BCUT2D eigenvalue weighted by molar-refractivity contribution is 4.58. The van der Waals surface area contributed by atoms with Crippen molar-refractivity contribution in [2.45, 2.75) is 180 Å². The first-order valence-corrected chi connectivity index (χ1v) is 14.6. The molecular weight excluding hydrogens is 380 g/mol. The second-order valence-corrected chi connectivity index (χ2v) is 10.1. The molecule has 0 bridgehead atoms. The molecule has 2 nitrogen and oxygen atoms in total. The first kappa shape index (κ1) is 30.9. The summed E-state index contributed by atoms with van der Waals surface area (Å²) in [7, 11) is 0. The first-order chi connectivity index (χ1) is 15.3. The Morgan fingerprint density at radius 2 is 0.645 bits per heavy atom. The van der Waals surface area contributed by atoms with Crippen LogP contribution in [0.25, 0.3) is 0 Å². The van der Waals surface area contributed by atoms with Crippen LogP contribution in [0.3, 0.4) is 0 Å². The van der Waals surface area contributed by atoms with E-state index in [1.165, 1.54) is 148 Å². The summed E-state index contributed by atoms with van der Waals surface area (Å²) < 4.78 is 0. The van der Waals surface area contributed by atoms with Crippen LogP contribution in [0, 0.1) is 0 Å². The van der Waals surface area contributed by atoms with Gasteiger partial charge in [-0.15, -0.1) is 0 Å². The third-order valence-corrected chi connectivity index (χ3v) is 6.84. The van der Waals surface area contributed by atoms with E-state index in [9.17, 15) is 5.11 Å². The largest absolute Gasteiger partial charge is 0.396 e. The summed E-state index contributed by atoms with van der Waals surface area (Å²) in [6, 6.07) is 0. The van der Waals surface area contributed by atoms with Gasteiger partial charge in [-0.25, -0.2) is 0 Å². The second kappa shape index (κ2) is 28.0. The molecule has 188 valence electrons. The Hall–Kier alpha value is -0.0800. The van der Waals surface area contributed by atoms with Crippen molar-refractivity contribution < 1.29 is 10.2 Å². The van der Waals surface area contributed by atoms with Gasteiger partial charge in [-0.2, -0.15) is 0 Å². The molecule has 2 N–H and O–H groups in total. The Labute approximate surface area is 197 Å². The van der Waals surface area contributed by atoms with Crippen molar-refractivity contribution in [2.75, 3.05) is 6.61 Å². The fourth-order valence-corrected chi connectivity index (χ4v) is 4.62. The Balaban J connectivity index is 3.11. The molecule has 0 aromatic heterocycles. The molecular formula is C29H60O2. The van der Waals surface area contributed by atoms with Crippen LogP contribution >= 0.6 is 0 Å². The Kier molecular flexibility index (Phi) is 27.9. The van der Waals surface area contributed by atoms with Crippen molar-refractivity contribution in [1.82, 2.24) is 0 Å². The lowest BCUT2D eigenvalue weighted by Gasteiger charge is -2.10. The highest BCUT2D eigenvalue weighted by atomic mass is 16.3. The molecule has 2 heteroatoms. The fourth-order valence-electron chi connectivity index (χ4n) is 4.62. The van der Waals surface area contributed by atoms with Gasteiger partial charge in [0.2, 0.25) is 0 Å². The maximum Gasteiger partial charge on any atom is 0.0540 e. The molecule has 0 aliphatic heterocycles. The van der Waals surface area contributed by atoms with Gasteiger partial charge in [-0.1, -0.05) is 155 Å². The highest BCUT2D eigenvalue weighted by Crippen LogP contribution is 2.16. The van der Waals surface area contributed by atoms with E-state index < -0.39 is 0 Å². The lowest BCUT2D eigenvalue weighted by Crippen LogP contribution is -2.05. The van der Waals surface area contributed by atoms with Gasteiger partial charge in [0.05, 0.1) is 6.10 Å². The van der Waals surface area contributed by atoms with Gasteiger partial charge in [-0.05, 0) is 19.3 Å². The van der Waals surface area contributed by atoms with E-state index in [4.69, 9.17) is 5.11 Å². The van der Waals surface area contributed by atoms with Crippen molar-refractivity contribution in [1.29, 1.82) is 0 Å². The molecule has 0 heterocycles. The predicted octanol–water partition coefficient (Wildman–Crippen LogP) is 9.50. The van der Waals surface area contributed by atoms with Crippen LogP contribution in [0.2, 0.25) is 0 Å². The molecule has 0 aliphatic carbocycles.